The van der Waals surface area contributed by atoms with Crippen LogP contribution in [0.2, 0.25) is 0 Å². The largest absolute Gasteiger partial charge is 0.462 e. The molecule has 5 rings (SSSR count). The molecule has 42 heavy (non-hydrogen) atoms. The highest BCUT2D eigenvalue weighted by atomic mass is 32.2. The Hall–Kier alpha value is -1.90. The van der Waals surface area contributed by atoms with Crippen molar-refractivity contribution >= 4 is 27.8 Å². The van der Waals surface area contributed by atoms with Crippen LogP contribution in [0.5, 0.6) is 0 Å². The van der Waals surface area contributed by atoms with Crippen LogP contribution in [0.15, 0.2) is 11.6 Å². The summed E-state index contributed by atoms with van der Waals surface area (Å²) in [5.74, 6) is 0.287. The van der Waals surface area contributed by atoms with Crippen LogP contribution < -0.4 is 10.0 Å². The number of amides is 2. The minimum atomic E-state index is -3.67. The highest BCUT2D eigenvalue weighted by Crippen LogP contribution is 2.74. The van der Waals surface area contributed by atoms with E-state index in [0.717, 1.165) is 57.6 Å². The first-order valence-corrected chi connectivity index (χ1v) is 17.7. The number of ether oxygens (including phenoxy) is 1. The fourth-order valence-electron chi connectivity index (χ4n) is 11.1. The van der Waals surface area contributed by atoms with Gasteiger partial charge in [-0.1, -0.05) is 47.1 Å². The van der Waals surface area contributed by atoms with Gasteiger partial charge in [0.15, 0.2) is 5.78 Å². The van der Waals surface area contributed by atoms with E-state index in [0.29, 0.717) is 6.42 Å². The summed E-state index contributed by atoms with van der Waals surface area (Å²) in [6.45, 7) is 17.4. The molecule has 1 unspecified atom stereocenters. The Kier molecular flexibility index (Phi) is 7.17. The topological polar surface area (TPSA) is 119 Å². The average Bonchev–Trinajstić information content (AvgIpc) is 2.82. The van der Waals surface area contributed by atoms with E-state index in [1.165, 1.54) is 12.5 Å². The van der Waals surface area contributed by atoms with Gasteiger partial charge in [0.1, 0.15) is 6.10 Å². The molecule has 0 saturated heterocycles. The predicted octanol–water partition coefficient (Wildman–Crippen LogP) is 5.91. The van der Waals surface area contributed by atoms with Crippen molar-refractivity contribution < 1.29 is 27.5 Å². The second-order valence-electron chi connectivity index (χ2n) is 16.5. The van der Waals surface area contributed by atoms with Crippen LogP contribution in [-0.2, 0) is 24.3 Å². The average molecular weight is 605 g/mol. The third kappa shape index (κ3) is 4.66. The maximum atomic E-state index is 14.5. The number of hydrogen-bond donors (Lipinski definition) is 2. The van der Waals surface area contributed by atoms with Gasteiger partial charge in [-0.15, -0.1) is 0 Å². The lowest BCUT2D eigenvalue weighted by Gasteiger charge is -2.70. The molecule has 2 N–H and O–H groups in total. The molecule has 0 bridgehead atoms. The zero-order valence-electron chi connectivity index (χ0n) is 27.1. The number of esters is 1. The zero-order chi connectivity index (χ0) is 31.3. The number of sulfonamides is 1. The van der Waals surface area contributed by atoms with Crippen LogP contribution in [0.25, 0.3) is 0 Å². The molecule has 0 aliphatic heterocycles. The first-order chi connectivity index (χ1) is 19.1. The van der Waals surface area contributed by atoms with Gasteiger partial charge in [-0.3, -0.25) is 9.59 Å². The fourth-order valence-corrected chi connectivity index (χ4v) is 11.5. The van der Waals surface area contributed by atoms with Crippen molar-refractivity contribution in [3.8, 4) is 0 Å². The van der Waals surface area contributed by atoms with Gasteiger partial charge in [0.05, 0.1) is 6.26 Å². The second kappa shape index (κ2) is 9.55. The number of urea groups is 1. The summed E-state index contributed by atoms with van der Waals surface area (Å²) < 4.78 is 31.3. The Morgan fingerprint density at radius 2 is 1.57 bits per heavy atom. The fraction of sp³-hybridized carbons (Fsp3) is 0.848. The summed E-state index contributed by atoms with van der Waals surface area (Å²) in [7, 11) is -3.67. The van der Waals surface area contributed by atoms with Crippen LogP contribution in [0.4, 0.5) is 4.79 Å². The normalized spacial score (nSPS) is 46.1. The summed E-state index contributed by atoms with van der Waals surface area (Å²) in [6, 6.07) is -0.693. The molecule has 9 heteroatoms. The van der Waals surface area contributed by atoms with Gasteiger partial charge in [-0.25, -0.2) is 17.9 Å². The Morgan fingerprint density at radius 3 is 2.19 bits per heavy atom. The van der Waals surface area contributed by atoms with Crippen LogP contribution in [0.1, 0.15) is 113 Å². The molecule has 9 atom stereocenters. The van der Waals surface area contributed by atoms with E-state index in [1.807, 2.05) is 13.0 Å². The Labute approximate surface area is 252 Å². The molecule has 0 aromatic heterocycles. The molecule has 5 aliphatic carbocycles. The maximum Gasteiger partial charge on any atom is 0.328 e. The van der Waals surface area contributed by atoms with Gasteiger partial charge in [-0.05, 0) is 104 Å². The first-order valence-electron chi connectivity index (χ1n) is 15.8. The highest BCUT2D eigenvalue weighted by molar-refractivity contribution is 7.89. The quantitative estimate of drug-likeness (QED) is 0.387. The summed E-state index contributed by atoms with van der Waals surface area (Å²) >= 11 is 0. The number of hydrogen-bond acceptors (Lipinski definition) is 6. The number of carbonyl (C=O) groups is 3. The van der Waals surface area contributed by atoms with Crippen molar-refractivity contribution in [2.75, 3.05) is 6.26 Å². The second-order valence-corrected chi connectivity index (χ2v) is 18.3. The third-order valence-electron chi connectivity index (χ3n) is 13.5. The van der Waals surface area contributed by atoms with E-state index in [4.69, 9.17) is 4.74 Å². The molecule has 0 spiro atoms. The van der Waals surface area contributed by atoms with Crippen molar-refractivity contribution in [3.63, 3.8) is 0 Å². The molecule has 5 aliphatic rings. The van der Waals surface area contributed by atoms with Crippen LogP contribution in [-0.4, -0.2) is 44.1 Å². The molecule has 4 fully saturated rings. The molecule has 4 saturated carbocycles. The van der Waals surface area contributed by atoms with E-state index in [2.05, 4.69) is 51.6 Å². The third-order valence-corrected chi connectivity index (χ3v) is 14.1. The standard InChI is InChI=1S/C33H52N2O6S/c1-20(36)41-25-11-12-31(6)24(28(25,2)3)10-13-33(8)26(31)23(37)18-21-22-19-30(5,34-27(38)35-42(9,39)40)16-14-29(22,4)15-17-32(21,33)7/h18,22,24-26H,10-17,19H2,1-9H3,(H2,34,35,38)/t22-,24-,25?,26+,29+,30-,31-,32+,33+/m0/s1. The SMILES string of the molecule is CC(=O)OC1CC[C@]2(C)[C@H]3C(=O)C=C4[C@@H]5C[C@@](C)(NC(=O)NS(C)(=O)=O)CC[C@]5(C)CC[C@@]4(C)[C@]3(C)CC[C@H]2C1(C)C. The summed E-state index contributed by atoms with van der Waals surface area (Å²) in [4.78, 5) is 39.1. The monoisotopic (exact) mass is 604 g/mol. The van der Waals surface area contributed by atoms with Crippen molar-refractivity contribution in [1.29, 1.82) is 0 Å². The summed E-state index contributed by atoms with van der Waals surface area (Å²) in [6.07, 6.45) is 10.9. The van der Waals surface area contributed by atoms with Gasteiger partial charge in [-0.2, -0.15) is 0 Å². The van der Waals surface area contributed by atoms with Crippen molar-refractivity contribution in [1.82, 2.24) is 10.0 Å². The highest BCUT2D eigenvalue weighted by Gasteiger charge is 2.70. The summed E-state index contributed by atoms with van der Waals surface area (Å²) in [5, 5.41) is 2.98. The Bertz CT molecular complexity index is 1340. The van der Waals surface area contributed by atoms with E-state index in [1.54, 1.807) is 0 Å². The lowest BCUT2D eigenvalue weighted by Crippen LogP contribution is -2.67. The van der Waals surface area contributed by atoms with E-state index in [9.17, 15) is 22.8 Å². The lowest BCUT2D eigenvalue weighted by atomic mass is 9.33. The van der Waals surface area contributed by atoms with Gasteiger partial charge in [0.2, 0.25) is 10.0 Å². The lowest BCUT2D eigenvalue weighted by molar-refractivity contribution is -0.210. The molecule has 0 heterocycles. The Balaban J connectivity index is 1.51. The van der Waals surface area contributed by atoms with Gasteiger partial charge in [0, 0.05) is 23.8 Å². The molecule has 2 amide bonds. The molecule has 236 valence electrons. The molecule has 0 radical (unpaired) electrons. The molecule has 8 nitrogen and oxygen atoms in total. The predicted molar refractivity (Wildman–Crippen MR) is 162 cm³/mol. The van der Waals surface area contributed by atoms with Crippen LogP contribution in [0, 0.1) is 44.8 Å². The number of ketones is 1. The first kappa shape index (κ1) is 31.5. The van der Waals surface area contributed by atoms with E-state index < -0.39 is 21.6 Å². The minimum absolute atomic E-state index is 0.0223. The smallest absolute Gasteiger partial charge is 0.328 e. The van der Waals surface area contributed by atoms with E-state index in [-0.39, 0.29) is 62.7 Å². The van der Waals surface area contributed by atoms with Crippen LogP contribution >= 0.6 is 0 Å². The number of rotatable bonds is 3. The van der Waals surface area contributed by atoms with Gasteiger partial charge < -0.3 is 10.1 Å². The van der Waals surface area contributed by atoms with Gasteiger partial charge >= 0.3 is 12.0 Å². The number of carbonyl (C=O) groups excluding carboxylic acids is 3. The zero-order valence-corrected chi connectivity index (χ0v) is 27.9. The van der Waals surface area contributed by atoms with E-state index >= 15 is 0 Å². The number of nitrogens with one attached hydrogen (secondary N) is 2. The van der Waals surface area contributed by atoms with Crippen molar-refractivity contribution in [2.24, 2.45) is 44.8 Å². The number of allylic oxidation sites excluding steroid dienone is 2. The van der Waals surface area contributed by atoms with Crippen LogP contribution in [0.3, 0.4) is 0 Å². The molecule has 0 aromatic rings. The molecule has 0 aromatic carbocycles. The molecular formula is C33H52N2O6S. The van der Waals surface area contributed by atoms with Gasteiger partial charge in [0.25, 0.3) is 0 Å². The van der Waals surface area contributed by atoms with Crippen molar-refractivity contribution in [3.05, 3.63) is 11.6 Å². The number of fused-ring (bicyclic) bond motifs is 7. The molecular weight excluding hydrogens is 552 g/mol. The summed E-state index contributed by atoms with van der Waals surface area (Å²) in [5.41, 5.74) is -0.0993. The minimum Gasteiger partial charge on any atom is -0.462 e. The Morgan fingerprint density at radius 1 is 0.929 bits per heavy atom. The van der Waals surface area contributed by atoms with Crippen molar-refractivity contribution in [2.45, 2.75) is 125 Å². The maximum absolute atomic E-state index is 14.5.